The Morgan fingerprint density at radius 1 is 1.28 bits per heavy atom. The minimum atomic E-state index is -0.714. The molecule has 0 spiro atoms. The number of hydrogen-bond acceptors (Lipinski definition) is 6. The van der Waals surface area contributed by atoms with Crippen molar-refractivity contribution in [3.05, 3.63) is 41.7 Å². The lowest BCUT2D eigenvalue weighted by Crippen LogP contribution is -2.37. The summed E-state index contributed by atoms with van der Waals surface area (Å²) < 4.78 is 0. The Balaban J connectivity index is 1.55. The molecular formula is C18H23N5O2. The van der Waals surface area contributed by atoms with E-state index in [0.29, 0.717) is 37.8 Å². The molecule has 0 aliphatic carbocycles. The molecule has 1 fully saturated rings. The molecule has 1 aromatic heterocycles. The molecule has 1 saturated heterocycles. The summed E-state index contributed by atoms with van der Waals surface area (Å²) in [6, 6.07) is 8.32. The SMILES string of the molecule is Cc1ccccc1CCNc1ncnc(N2CCC(C(=O)O)CC2)n1. The number of aliphatic carboxylic acids is 1. The number of carboxylic acids is 1. The second-order valence-corrected chi connectivity index (χ2v) is 6.31. The number of aromatic nitrogens is 3. The number of piperidine rings is 1. The lowest BCUT2D eigenvalue weighted by Gasteiger charge is -2.29. The van der Waals surface area contributed by atoms with Crippen LogP contribution in [-0.2, 0) is 11.2 Å². The molecule has 0 unspecified atom stereocenters. The van der Waals surface area contributed by atoms with E-state index in [1.54, 1.807) is 0 Å². The van der Waals surface area contributed by atoms with Crippen molar-refractivity contribution >= 4 is 17.9 Å². The summed E-state index contributed by atoms with van der Waals surface area (Å²) >= 11 is 0. The lowest BCUT2D eigenvalue weighted by atomic mass is 9.97. The van der Waals surface area contributed by atoms with E-state index in [4.69, 9.17) is 5.11 Å². The van der Waals surface area contributed by atoms with Gasteiger partial charge in [0.05, 0.1) is 5.92 Å². The van der Waals surface area contributed by atoms with E-state index in [0.717, 1.165) is 13.0 Å². The van der Waals surface area contributed by atoms with E-state index in [2.05, 4.69) is 39.3 Å². The number of benzene rings is 1. The molecule has 1 aliphatic heterocycles. The summed E-state index contributed by atoms with van der Waals surface area (Å²) in [5.74, 6) is 0.190. The summed E-state index contributed by atoms with van der Waals surface area (Å²) in [6.07, 6.45) is 3.65. The molecule has 1 aromatic carbocycles. The number of carbonyl (C=O) groups is 1. The van der Waals surface area contributed by atoms with Gasteiger partial charge in [0, 0.05) is 19.6 Å². The predicted molar refractivity (Wildman–Crippen MR) is 95.8 cm³/mol. The number of nitrogens with zero attached hydrogens (tertiary/aromatic N) is 4. The van der Waals surface area contributed by atoms with Gasteiger partial charge in [0.15, 0.2) is 0 Å². The summed E-state index contributed by atoms with van der Waals surface area (Å²) in [5, 5.41) is 12.3. The second-order valence-electron chi connectivity index (χ2n) is 6.31. The maximum atomic E-state index is 11.0. The molecule has 25 heavy (non-hydrogen) atoms. The molecular weight excluding hydrogens is 318 g/mol. The number of nitrogens with one attached hydrogen (secondary N) is 1. The third kappa shape index (κ3) is 4.43. The van der Waals surface area contributed by atoms with Crippen LogP contribution in [0.25, 0.3) is 0 Å². The fourth-order valence-electron chi connectivity index (χ4n) is 3.05. The molecule has 2 heterocycles. The predicted octanol–water partition coefficient (Wildman–Crippen LogP) is 2.14. The average Bonchev–Trinajstić information content (AvgIpc) is 2.64. The quantitative estimate of drug-likeness (QED) is 0.831. The van der Waals surface area contributed by atoms with Gasteiger partial charge in [-0.15, -0.1) is 0 Å². The van der Waals surface area contributed by atoms with Gasteiger partial charge in [-0.2, -0.15) is 4.98 Å². The van der Waals surface area contributed by atoms with E-state index in [1.807, 2.05) is 17.0 Å². The van der Waals surface area contributed by atoms with Crippen LogP contribution in [0.15, 0.2) is 30.6 Å². The molecule has 2 N–H and O–H groups in total. The minimum Gasteiger partial charge on any atom is -0.481 e. The second kappa shape index (κ2) is 7.92. The zero-order valence-electron chi connectivity index (χ0n) is 14.4. The highest BCUT2D eigenvalue weighted by Crippen LogP contribution is 2.21. The Kier molecular flexibility index (Phi) is 5.42. The molecule has 0 radical (unpaired) electrons. The first-order valence-electron chi connectivity index (χ1n) is 8.58. The van der Waals surface area contributed by atoms with Crippen molar-refractivity contribution < 1.29 is 9.90 Å². The molecule has 3 rings (SSSR count). The molecule has 7 heteroatoms. The van der Waals surface area contributed by atoms with E-state index >= 15 is 0 Å². The van der Waals surface area contributed by atoms with Gasteiger partial charge in [-0.25, -0.2) is 9.97 Å². The van der Waals surface area contributed by atoms with Crippen LogP contribution < -0.4 is 10.2 Å². The number of hydrogen-bond donors (Lipinski definition) is 2. The van der Waals surface area contributed by atoms with Gasteiger partial charge in [0.25, 0.3) is 0 Å². The Morgan fingerprint density at radius 2 is 2.04 bits per heavy atom. The van der Waals surface area contributed by atoms with Gasteiger partial charge in [-0.05, 0) is 37.3 Å². The first kappa shape index (κ1) is 17.1. The van der Waals surface area contributed by atoms with Crippen molar-refractivity contribution in [3.8, 4) is 0 Å². The Hall–Kier alpha value is -2.70. The monoisotopic (exact) mass is 341 g/mol. The smallest absolute Gasteiger partial charge is 0.306 e. The number of anilines is 2. The fourth-order valence-corrected chi connectivity index (χ4v) is 3.05. The third-order valence-corrected chi connectivity index (χ3v) is 4.62. The molecule has 132 valence electrons. The van der Waals surface area contributed by atoms with E-state index < -0.39 is 5.97 Å². The van der Waals surface area contributed by atoms with Gasteiger partial charge >= 0.3 is 5.97 Å². The zero-order valence-corrected chi connectivity index (χ0v) is 14.4. The van der Waals surface area contributed by atoms with Crippen LogP contribution in [0, 0.1) is 12.8 Å². The van der Waals surface area contributed by atoms with Gasteiger partial charge < -0.3 is 15.3 Å². The Labute approximate surface area is 147 Å². The number of aryl methyl sites for hydroxylation is 1. The maximum Gasteiger partial charge on any atom is 0.306 e. The standard InChI is InChI=1S/C18H23N5O2/c1-13-4-2-3-5-14(13)6-9-19-17-20-12-21-18(22-17)23-10-7-15(8-11-23)16(24)25/h2-5,12,15H,6-11H2,1H3,(H,24,25)(H,19,20,21,22). The van der Waals surface area contributed by atoms with Gasteiger partial charge in [0.2, 0.25) is 11.9 Å². The first-order chi connectivity index (χ1) is 12.1. The van der Waals surface area contributed by atoms with Crippen molar-refractivity contribution in [1.29, 1.82) is 0 Å². The van der Waals surface area contributed by atoms with E-state index in [-0.39, 0.29) is 5.92 Å². The molecule has 2 aromatic rings. The van der Waals surface area contributed by atoms with Gasteiger partial charge in [-0.1, -0.05) is 24.3 Å². The largest absolute Gasteiger partial charge is 0.481 e. The molecule has 0 bridgehead atoms. The highest BCUT2D eigenvalue weighted by Gasteiger charge is 2.25. The van der Waals surface area contributed by atoms with E-state index in [9.17, 15) is 4.79 Å². The minimum absolute atomic E-state index is 0.259. The average molecular weight is 341 g/mol. The molecule has 0 amide bonds. The van der Waals surface area contributed by atoms with Gasteiger partial charge in [0.1, 0.15) is 6.33 Å². The summed E-state index contributed by atoms with van der Waals surface area (Å²) in [7, 11) is 0. The van der Waals surface area contributed by atoms with Crippen LogP contribution in [0.3, 0.4) is 0 Å². The van der Waals surface area contributed by atoms with Crippen molar-refractivity contribution in [1.82, 2.24) is 15.0 Å². The summed E-state index contributed by atoms with van der Waals surface area (Å²) in [5.41, 5.74) is 2.59. The normalized spacial score (nSPS) is 15.2. The van der Waals surface area contributed by atoms with E-state index in [1.165, 1.54) is 17.5 Å². The van der Waals surface area contributed by atoms with Crippen molar-refractivity contribution in [2.45, 2.75) is 26.2 Å². The van der Waals surface area contributed by atoms with Crippen molar-refractivity contribution in [2.75, 3.05) is 29.9 Å². The highest BCUT2D eigenvalue weighted by molar-refractivity contribution is 5.70. The molecule has 7 nitrogen and oxygen atoms in total. The zero-order chi connectivity index (χ0) is 17.6. The molecule has 0 atom stereocenters. The van der Waals surface area contributed by atoms with Crippen LogP contribution >= 0.6 is 0 Å². The van der Waals surface area contributed by atoms with Crippen molar-refractivity contribution in [3.63, 3.8) is 0 Å². The molecule has 0 saturated carbocycles. The van der Waals surface area contributed by atoms with Crippen LogP contribution in [0.2, 0.25) is 0 Å². The van der Waals surface area contributed by atoms with Gasteiger partial charge in [-0.3, -0.25) is 4.79 Å². The number of rotatable bonds is 6. The van der Waals surface area contributed by atoms with Crippen molar-refractivity contribution in [2.24, 2.45) is 5.92 Å². The Morgan fingerprint density at radius 3 is 2.76 bits per heavy atom. The fraction of sp³-hybridized carbons (Fsp3) is 0.444. The van der Waals surface area contributed by atoms with Crippen LogP contribution in [-0.4, -0.2) is 45.7 Å². The lowest BCUT2D eigenvalue weighted by molar-refractivity contribution is -0.142. The summed E-state index contributed by atoms with van der Waals surface area (Å²) in [6.45, 7) is 4.17. The first-order valence-corrected chi connectivity index (χ1v) is 8.58. The highest BCUT2D eigenvalue weighted by atomic mass is 16.4. The van der Waals surface area contributed by atoms with Crippen LogP contribution in [0.1, 0.15) is 24.0 Å². The number of carboxylic acid groups (broad SMARTS) is 1. The van der Waals surface area contributed by atoms with Crippen LogP contribution in [0.4, 0.5) is 11.9 Å². The topological polar surface area (TPSA) is 91.2 Å². The van der Waals surface area contributed by atoms with Crippen LogP contribution in [0.5, 0.6) is 0 Å². The third-order valence-electron chi connectivity index (χ3n) is 4.62. The maximum absolute atomic E-state index is 11.0. The molecule has 1 aliphatic rings. The summed E-state index contributed by atoms with van der Waals surface area (Å²) in [4.78, 5) is 25.9. The Bertz CT molecular complexity index is 729.